The van der Waals surface area contributed by atoms with Crippen LogP contribution in [-0.2, 0) is 12.8 Å². The summed E-state index contributed by atoms with van der Waals surface area (Å²) in [6, 6.07) is 6.56. The molecule has 1 aromatic carbocycles. The summed E-state index contributed by atoms with van der Waals surface area (Å²) in [6.07, 6.45) is 2.77. The van der Waals surface area contributed by atoms with Crippen LogP contribution >= 0.6 is 0 Å². The first-order valence-electron chi connectivity index (χ1n) is 8.38. The number of carbonyl (C=O) groups is 1. The number of urea groups is 1. The number of rotatable bonds is 4. The molecule has 0 bridgehead atoms. The summed E-state index contributed by atoms with van der Waals surface area (Å²) in [5, 5.41) is 13.4. The monoisotopic (exact) mass is 315 g/mol. The molecule has 1 heterocycles. The average Bonchev–Trinajstić information content (AvgIpc) is 2.90. The lowest BCUT2D eigenvalue weighted by atomic mass is 9.91. The quantitative estimate of drug-likeness (QED) is 0.811. The number of H-pyrrole nitrogens is 1. The number of likely N-dealkylation sites (N-methyl/N-ethyl adjacent to an activating group) is 1. The topological polar surface area (TPSA) is 68.4 Å². The fourth-order valence-corrected chi connectivity index (χ4v) is 3.44. The number of aliphatic hydroxyl groups is 1. The van der Waals surface area contributed by atoms with Crippen LogP contribution in [0.4, 0.5) is 4.79 Å². The number of aromatic nitrogens is 1. The molecule has 2 amide bonds. The van der Waals surface area contributed by atoms with Crippen LogP contribution in [0, 0.1) is 6.92 Å². The number of hydrogen-bond donors (Lipinski definition) is 3. The number of nitrogens with zero attached hydrogens (tertiary/aromatic N) is 1. The van der Waals surface area contributed by atoms with Crippen LogP contribution in [-0.4, -0.2) is 46.8 Å². The summed E-state index contributed by atoms with van der Waals surface area (Å²) in [6.45, 7) is 5.02. The Morgan fingerprint density at radius 3 is 3.04 bits per heavy atom. The van der Waals surface area contributed by atoms with E-state index < -0.39 is 0 Å². The first-order chi connectivity index (χ1) is 11.1. The molecule has 124 valence electrons. The van der Waals surface area contributed by atoms with E-state index in [1.807, 2.05) is 6.92 Å². The zero-order valence-corrected chi connectivity index (χ0v) is 13.9. The molecular weight excluding hydrogens is 290 g/mol. The fourth-order valence-electron chi connectivity index (χ4n) is 3.44. The number of benzene rings is 1. The van der Waals surface area contributed by atoms with Crippen LogP contribution in [0.1, 0.15) is 30.2 Å². The van der Waals surface area contributed by atoms with Crippen LogP contribution in [0.3, 0.4) is 0 Å². The van der Waals surface area contributed by atoms with Crippen LogP contribution < -0.4 is 5.32 Å². The van der Waals surface area contributed by atoms with Crippen molar-refractivity contribution in [2.75, 3.05) is 19.7 Å². The Labute approximate surface area is 136 Å². The SMILES string of the molecule is CCN(CCO)C(=O)NC1CCc2[nH]c3ccc(C)cc3c2C1. The first kappa shape index (κ1) is 15.9. The van der Waals surface area contributed by atoms with Gasteiger partial charge >= 0.3 is 6.03 Å². The zero-order chi connectivity index (χ0) is 16.4. The van der Waals surface area contributed by atoms with E-state index in [9.17, 15) is 4.79 Å². The summed E-state index contributed by atoms with van der Waals surface area (Å²) in [7, 11) is 0. The summed E-state index contributed by atoms with van der Waals surface area (Å²) < 4.78 is 0. The molecule has 0 spiro atoms. The number of nitrogens with one attached hydrogen (secondary N) is 2. The lowest BCUT2D eigenvalue weighted by Gasteiger charge is -2.27. The van der Waals surface area contributed by atoms with Gasteiger partial charge in [-0.15, -0.1) is 0 Å². The van der Waals surface area contributed by atoms with E-state index in [0.717, 1.165) is 19.3 Å². The van der Waals surface area contributed by atoms with Gasteiger partial charge in [0.1, 0.15) is 0 Å². The molecule has 1 atom stereocenters. The average molecular weight is 315 g/mol. The highest BCUT2D eigenvalue weighted by atomic mass is 16.3. The maximum atomic E-state index is 12.3. The van der Waals surface area contributed by atoms with Gasteiger partial charge in [-0.25, -0.2) is 4.79 Å². The number of fused-ring (bicyclic) bond motifs is 3. The third kappa shape index (κ3) is 3.20. The Morgan fingerprint density at radius 2 is 2.30 bits per heavy atom. The van der Waals surface area contributed by atoms with E-state index in [1.54, 1.807) is 4.90 Å². The van der Waals surface area contributed by atoms with Crippen molar-refractivity contribution in [3.8, 4) is 0 Å². The predicted molar refractivity (Wildman–Crippen MR) is 91.7 cm³/mol. The Hall–Kier alpha value is -2.01. The van der Waals surface area contributed by atoms with Gasteiger partial charge in [-0.3, -0.25) is 0 Å². The normalized spacial score (nSPS) is 17.1. The van der Waals surface area contributed by atoms with E-state index in [4.69, 9.17) is 5.11 Å². The summed E-state index contributed by atoms with van der Waals surface area (Å²) in [5.74, 6) is 0. The molecular formula is C18H25N3O2. The maximum Gasteiger partial charge on any atom is 0.317 e. The van der Waals surface area contributed by atoms with Crippen LogP contribution in [0.2, 0.25) is 0 Å². The van der Waals surface area contributed by atoms with Crippen molar-refractivity contribution >= 4 is 16.9 Å². The molecule has 5 nitrogen and oxygen atoms in total. The van der Waals surface area contributed by atoms with Gasteiger partial charge < -0.3 is 20.3 Å². The van der Waals surface area contributed by atoms with Crippen molar-refractivity contribution in [2.24, 2.45) is 0 Å². The minimum atomic E-state index is -0.0778. The first-order valence-corrected chi connectivity index (χ1v) is 8.38. The van der Waals surface area contributed by atoms with Crippen molar-refractivity contribution in [1.29, 1.82) is 0 Å². The lowest BCUT2D eigenvalue weighted by Crippen LogP contribution is -2.47. The van der Waals surface area contributed by atoms with Crippen molar-refractivity contribution in [1.82, 2.24) is 15.2 Å². The highest BCUT2D eigenvalue weighted by Crippen LogP contribution is 2.29. The van der Waals surface area contributed by atoms with Gasteiger partial charge in [0.2, 0.25) is 0 Å². The van der Waals surface area contributed by atoms with Crippen LogP contribution in [0.5, 0.6) is 0 Å². The molecule has 5 heteroatoms. The second-order valence-electron chi connectivity index (χ2n) is 6.32. The standard InChI is InChI=1S/C18H25N3O2/c1-3-21(8-9-22)18(23)19-13-5-7-17-15(11-13)14-10-12(2)4-6-16(14)20-17/h4,6,10,13,20,22H,3,5,7-9,11H2,1-2H3,(H,19,23). The van der Waals surface area contributed by atoms with Gasteiger partial charge in [0.15, 0.2) is 0 Å². The van der Waals surface area contributed by atoms with Crippen LogP contribution in [0.25, 0.3) is 10.9 Å². The largest absolute Gasteiger partial charge is 0.395 e. The van der Waals surface area contributed by atoms with E-state index in [1.165, 1.54) is 27.7 Å². The molecule has 0 aliphatic heterocycles. The minimum Gasteiger partial charge on any atom is -0.395 e. The number of aryl methyl sites for hydroxylation is 2. The Morgan fingerprint density at radius 1 is 1.48 bits per heavy atom. The molecule has 1 unspecified atom stereocenters. The molecule has 2 aromatic rings. The van der Waals surface area contributed by atoms with Crippen LogP contribution in [0.15, 0.2) is 18.2 Å². The van der Waals surface area contributed by atoms with Crippen molar-refractivity contribution in [3.05, 3.63) is 35.0 Å². The number of aliphatic hydroxyl groups excluding tert-OH is 1. The van der Waals surface area contributed by atoms with Gasteiger partial charge in [-0.2, -0.15) is 0 Å². The summed E-state index contributed by atoms with van der Waals surface area (Å²) in [5.41, 5.74) is 5.08. The van der Waals surface area contributed by atoms with Gasteiger partial charge in [0, 0.05) is 35.7 Å². The lowest BCUT2D eigenvalue weighted by molar-refractivity contribution is 0.176. The van der Waals surface area contributed by atoms with Gasteiger partial charge in [-0.1, -0.05) is 11.6 Å². The molecule has 23 heavy (non-hydrogen) atoms. The van der Waals surface area contributed by atoms with E-state index in [-0.39, 0.29) is 18.7 Å². The Bertz CT molecular complexity index is 708. The minimum absolute atomic E-state index is 0.00218. The third-order valence-corrected chi connectivity index (χ3v) is 4.71. The zero-order valence-electron chi connectivity index (χ0n) is 13.9. The smallest absolute Gasteiger partial charge is 0.317 e. The summed E-state index contributed by atoms with van der Waals surface area (Å²) >= 11 is 0. The molecule has 1 aliphatic rings. The fraction of sp³-hybridized carbons (Fsp3) is 0.500. The molecule has 0 saturated heterocycles. The highest BCUT2D eigenvalue weighted by Gasteiger charge is 2.24. The highest BCUT2D eigenvalue weighted by molar-refractivity contribution is 5.86. The number of amides is 2. The van der Waals surface area contributed by atoms with E-state index in [0.29, 0.717) is 13.1 Å². The van der Waals surface area contributed by atoms with Gasteiger partial charge in [0.25, 0.3) is 0 Å². The summed E-state index contributed by atoms with van der Waals surface area (Å²) in [4.78, 5) is 17.5. The molecule has 1 aliphatic carbocycles. The second-order valence-corrected chi connectivity index (χ2v) is 6.32. The molecule has 3 N–H and O–H groups in total. The Kier molecular flexibility index (Phi) is 4.57. The molecule has 3 rings (SSSR count). The van der Waals surface area contributed by atoms with E-state index in [2.05, 4.69) is 35.4 Å². The van der Waals surface area contributed by atoms with Crippen molar-refractivity contribution < 1.29 is 9.90 Å². The molecule has 0 fully saturated rings. The maximum absolute atomic E-state index is 12.3. The molecule has 1 aromatic heterocycles. The number of carbonyl (C=O) groups excluding carboxylic acids is 1. The third-order valence-electron chi connectivity index (χ3n) is 4.71. The molecule has 0 radical (unpaired) electrons. The van der Waals surface area contributed by atoms with Crippen molar-refractivity contribution in [2.45, 2.75) is 39.2 Å². The second kappa shape index (κ2) is 6.62. The predicted octanol–water partition coefficient (Wildman–Crippen LogP) is 2.36. The van der Waals surface area contributed by atoms with E-state index >= 15 is 0 Å². The molecule has 0 saturated carbocycles. The number of hydrogen-bond acceptors (Lipinski definition) is 2. The number of aromatic amines is 1. The van der Waals surface area contributed by atoms with Gasteiger partial charge in [-0.05, 0) is 50.8 Å². The Balaban J connectivity index is 1.76. The van der Waals surface area contributed by atoms with Crippen molar-refractivity contribution in [3.63, 3.8) is 0 Å². The van der Waals surface area contributed by atoms with Gasteiger partial charge in [0.05, 0.1) is 6.61 Å².